The molecule has 1 aromatic heterocycles. The number of likely N-dealkylation sites (tertiary alicyclic amines) is 1. The van der Waals surface area contributed by atoms with Gasteiger partial charge >= 0.3 is 0 Å². The summed E-state index contributed by atoms with van der Waals surface area (Å²) in [6, 6.07) is 1.08. The highest BCUT2D eigenvalue weighted by molar-refractivity contribution is 5.78. The molecule has 9 nitrogen and oxygen atoms in total. The first-order valence-corrected chi connectivity index (χ1v) is 10.4. The lowest BCUT2D eigenvalue weighted by atomic mass is 9.89. The van der Waals surface area contributed by atoms with Gasteiger partial charge < -0.3 is 19.9 Å². The molecule has 0 radical (unpaired) electrons. The van der Waals surface area contributed by atoms with Crippen molar-refractivity contribution in [3.63, 3.8) is 0 Å². The molecule has 1 unspecified atom stereocenters. The average Bonchev–Trinajstić information content (AvgIpc) is 3.19. The molecule has 1 aromatic rings. The lowest BCUT2D eigenvalue weighted by Gasteiger charge is -2.45. The summed E-state index contributed by atoms with van der Waals surface area (Å²) < 4.78 is 7.29. The third-order valence-electron chi connectivity index (χ3n) is 6.26. The van der Waals surface area contributed by atoms with Crippen LogP contribution in [0, 0.1) is 0 Å². The monoisotopic (exact) mass is 390 g/mol. The molecular formula is C19H30N6O3. The van der Waals surface area contributed by atoms with Gasteiger partial charge in [0, 0.05) is 44.7 Å². The van der Waals surface area contributed by atoms with Gasteiger partial charge in [-0.15, -0.1) is 0 Å². The Bertz CT molecular complexity index is 655. The summed E-state index contributed by atoms with van der Waals surface area (Å²) >= 11 is 0. The van der Waals surface area contributed by atoms with E-state index in [0.29, 0.717) is 32.1 Å². The van der Waals surface area contributed by atoms with E-state index in [9.17, 15) is 9.59 Å². The van der Waals surface area contributed by atoms with Crippen LogP contribution in [-0.4, -0.2) is 87.4 Å². The number of nitrogens with one attached hydrogen (secondary N) is 1. The quantitative estimate of drug-likeness (QED) is 0.706. The Hall–Kier alpha value is -2.00. The molecule has 9 heteroatoms. The van der Waals surface area contributed by atoms with Crippen molar-refractivity contribution < 1.29 is 14.3 Å². The maximum atomic E-state index is 12.4. The topological polar surface area (TPSA) is 92.6 Å². The zero-order chi connectivity index (χ0) is 19.3. The van der Waals surface area contributed by atoms with Crippen LogP contribution in [0.15, 0.2) is 12.7 Å². The van der Waals surface area contributed by atoms with Crippen LogP contribution in [-0.2, 0) is 20.9 Å². The minimum Gasteiger partial charge on any atom is -0.365 e. The molecule has 0 spiro atoms. The predicted molar refractivity (Wildman–Crippen MR) is 101 cm³/mol. The largest absolute Gasteiger partial charge is 0.365 e. The van der Waals surface area contributed by atoms with E-state index in [-0.39, 0.29) is 24.5 Å². The van der Waals surface area contributed by atoms with Crippen molar-refractivity contribution in [1.29, 1.82) is 0 Å². The van der Waals surface area contributed by atoms with Crippen molar-refractivity contribution in [3.05, 3.63) is 12.7 Å². The summed E-state index contributed by atoms with van der Waals surface area (Å²) in [5.41, 5.74) is 0. The number of hydrogen-bond donors (Lipinski definition) is 1. The Labute approximate surface area is 165 Å². The highest BCUT2D eigenvalue weighted by Gasteiger charge is 2.35. The maximum Gasteiger partial charge on any atom is 0.248 e. The van der Waals surface area contributed by atoms with Crippen molar-refractivity contribution >= 4 is 11.8 Å². The normalized spacial score (nSPS) is 24.9. The molecule has 28 heavy (non-hydrogen) atoms. The fourth-order valence-electron chi connectivity index (χ4n) is 4.32. The predicted octanol–water partition coefficient (Wildman–Crippen LogP) is 0.0287. The van der Waals surface area contributed by atoms with Gasteiger partial charge in [0.2, 0.25) is 11.8 Å². The van der Waals surface area contributed by atoms with Crippen LogP contribution < -0.4 is 5.32 Å². The number of rotatable bonds is 7. The molecular weight excluding hydrogens is 360 g/mol. The van der Waals surface area contributed by atoms with Crippen molar-refractivity contribution in [1.82, 2.24) is 29.9 Å². The second kappa shape index (κ2) is 9.00. The molecule has 1 aliphatic carbocycles. The lowest BCUT2D eigenvalue weighted by molar-refractivity contribution is -0.153. The third kappa shape index (κ3) is 4.70. The summed E-state index contributed by atoms with van der Waals surface area (Å²) in [5.74, 6) is 0.0345. The van der Waals surface area contributed by atoms with Gasteiger partial charge in [0.05, 0.1) is 12.6 Å². The van der Waals surface area contributed by atoms with E-state index in [1.807, 2.05) is 4.90 Å². The zero-order valence-electron chi connectivity index (χ0n) is 16.3. The van der Waals surface area contributed by atoms with E-state index in [1.54, 1.807) is 11.0 Å². The lowest BCUT2D eigenvalue weighted by Crippen LogP contribution is -2.57. The summed E-state index contributed by atoms with van der Waals surface area (Å²) in [6.45, 7) is 3.79. The molecule has 1 N–H and O–H groups in total. The summed E-state index contributed by atoms with van der Waals surface area (Å²) in [4.78, 5) is 32.9. The van der Waals surface area contributed by atoms with E-state index < -0.39 is 0 Å². The van der Waals surface area contributed by atoms with Gasteiger partial charge in [-0.2, -0.15) is 5.10 Å². The molecule has 154 valence electrons. The molecule has 2 amide bonds. The molecule has 4 rings (SSSR count). The molecule has 3 fully saturated rings. The SMILES string of the molecule is O=C(CCn1cncn1)NCC1CN(C2CCN(C3CCC3)CC2)C(=O)CO1. The number of piperidine rings is 1. The van der Waals surface area contributed by atoms with Gasteiger partial charge in [0.1, 0.15) is 19.3 Å². The Morgan fingerprint density at radius 3 is 2.71 bits per heavy atom. The third-order valence-corrected chi connectivity index (χ3v) is 6.26. The first kappa shape index (κ1) is 19.3. The maximum absolute atomic E-state index is 12.4. The van der Waals surface area contributed by atoms with E-state index >= 15 is 0 Å². The molecule has 3 aliphatic rings. The van der Waals surface area contributed by atoms with Crippen molar-refractivity contribution in [2.24, 2.45) is 0 Å². The number of carbonyl (C=O) groups is 2. The number of hydrogen-bond acceptors (Lipinski definition) is 6. The Balaban J connectivity index is 1.19. The number of amides is 2. The average molecular weight is 390 g/mol. The second-order valence-electron chi connectivity index (χ2n) is 8.04. The number of ether oxygens (including phenoxy) is 1. The number of carbonyl (C=O) groups excluding carboxylic acids is 2. The first-order chi connectivity index (χ1) is 13.7. The van der Waals surface area contributed by atoms with Gasteiger partial charge in [-0.3, -0.25) is 14.3 Å². The summed E-state index contributed by atoms with van der Waals surface area (Å²) in [5, 5.41) is 6.91. The van der Waals surface area contributed by atoms with Crippen molar-refractivity contribution in [3.8, 4) is 0 Å². The zero-order valence-corrected chi connectivity index (χ0v) is 16.3. The summed E-state index contributed by atoms with van der Waals surface area (Å²) in [7, 11) is 0. The smallest absolute Gasteiger partial charge is 0.248 e. The fourth-order valence-corrected chi connectivity index (χ4v) is 4.32. The van der Waals surface area contributed by atoms with Crippen LogP contribution >= 0.6 is 0 Å². The van der Waals surface area contributed by atoms with Crippen LogP contribution in [0.2, 0.25) is 0 Å². The molecule has 0 aromatic carbocycles. The molecule has 0 bridgehead atoms. The minimum atomic E-state index is -0.141. The molecule has 1 saturated carbocycles. The standard InChI is InChI=1S/C19H30N6O3/c26-18(6-9-24-14-20-13-22-24)21-10-17-11-25(19(27)12-28-17)16-4-7-23(8-5-16)15-2-1-3-15/h13-17H,1-12H2,(H,21,26). The van der Waals surface area contributed by atoms with E-state index in [1.165, 1.54) is 25.6 Å². The van der Waals surface area contributed by atoms with Gasteiger partial charge in [0.15, 0.2) is 0 Å². The highest BCUT2D eigenvalue weighted by Crippen LogP contribution is 2.29. The molecule has 2 saturated heterocycles. The summed E-state index contributed by atoms with van der Waals surface area (Å²) in [6.07, 6.45) is 9.36. The Morgan fingerprint density at radius 2 is 2.04 bits per heavy atom. The highest BCUT2D eigenvalue weighted by atomic mass is 16.5. The number of morpholine rings is 1. The van der Waals surface area contributed by atoms with Crippen molar-refractivity contribution in [2.75, 3.05) is 32.8 Å². The van der Waals surface area contributed by atoms with Crippen LogP contribution in [0.1, 0.15) is 38.5 Å². The van der Waals surface area contributed by atoms with Gasteiger partial charge in [-0.05, 0) is 25.7 Å². The first-order valence-electron chi connectivity index (χ1n) is 10.4. The van der Waals surface area contributed by atoms with Gasteiger partial charge in [0.25, 0.3) is 0 Å². The van der Waals surface area contributed by atoms with Crippen LogP contribution in [0.5, 0.6) is 0 Å². The molecule has 3 heterocycles. The Morgan fingerprint density at radius 1 is 1.21 bits per heavy atom. The second-order valence-corrected chi connectivity index (χ2v) is 8.04. The molecule has 1 atom stereocenters. The van der Waals surface area contributed by atoms with E-state index in [4.69, 9.17) is 4.74 Å². The van der Waals surface area contributed by atoms with E-state index in [2.05, 4.69) is 20.3 Å². The number of nitrogens with zero attached hydrogens (tertiary/aromatic N) is 5. The Kier molecular flexibility index (Phi) is 6.21. The molecule has 2 aliphatic heterocycles. The van der Waals surface area contributed by atoms with Gasteiger partial charge in [-0.1, -0.05) is 6.42 Å². The van der Waals surface area contributed by atoms with Crippen LogP contribution in [0.4, 0.5) is 0 Å². The van der Waals surface area contributed by atoms with Crippen molar-refractivity contribution in [2.45, 2.75) is 63.3 Å². The fraction of sp³-hybridized carbons (Fsp3) is 0.789. The number of aryl methyl sites for hydroxylation is 1. The van der Waals surface area contributed by atoms with E-state index in [0.717, 1.165) is 32.0 Å². The van der Waals surface area contributed by atoms with Crippen LogP contribution in [0.25, 0.3) is 0 Å². The minimum absolute atomic E-state index is 0.0450. The number of aromatic nitrogens is 3. The van der Waals surface area contributed by atoms with Crippen LogP contribution in [0.3, 0.4) is 0 Å². The van der Waals surface area contributed by atoms with Gasteiger partial charge in [-0.25, -0.2) is 4.98 Å².